The summed E-state index contributed by atoms with van der Waals surface area (Å²) < 4.78 is 7.57. The van der Waals surface area contributed by atoms with E-state index in [9.17, 15) is 4.79 Å². The first kappa shape index (κ1) is 18.4. The molecule has 2 aliphatic rings. The van der Waals surface area contributed by atoms with Crippen LogP contribution in [0.5, 0.6) is 0 Å². The molecule has 3 heterocycles. The summed E-state index contributed by atoms with van der Waals surface area (Å²) in [4.78, 5) is 17.4. The molecule has 6 heteroatoms. The number of aryl methyl sites for hydroxylation is 1. The second-order valence-corrected chi connectivity index (χ2v) is 7.70. The molecule has 2 aliphatic heterocycles. The fourth-order valence-electron chi connectivity index (χ4n) is 4.11. The van der Waals surface area contributed by atoms with Crippen molar-refractivity contribution in [2.75, 3.05) is 39.4 Å². The topological polar surface area (TPSA) is 50.6 Å². The number of ether oxygens (including phenoxy) is 1. The van der Waals surface area contributed by atoms with Gasteiger partial charge in [0, 0.05) is 50.5 Å². The molecule has 0 atom stereocenters. The van der Waals surface area contributed by atoms with Gasteiger partial charge >= 0.3 is 0 Å². The quantitative estimate of drug-likeness (QED) is 0.818. The van der Waals surface area contributed by atoms with E-state index in [1.165, 1.54) is 5.69 Å². The summed E-state index contributed by atoms with van der Waals surface area (Å²) in [5.41, 5.74) is 0.891. The number of hydrogen-bond acceptors (Lipinski definition) is 4. The van der Waals surface area contributed by atoms with Gasteiger partial charge in [-0.1, -0.05) is 6.92 Å². The SMILES string of the molecule is CCCn1nccc1C1CCN(C(=O)C(C)(C)N2CCOCC2)CC1. The van der Waals surface area contributed by atoms with E-state index in [1.54, 1.807) is 0 Å². The largest absolute Gasteiger partial charge is 0.379 e. The van der Waals surface area contributed by atoms with Crippen LogP contribution in [0.1, 0.15) is 51.6 Å². The maximum Gasteiger partial charge on any atom is 0.242 e. The van der Waals surface area contributed by atoms with Crippen molar-refractivity contribution in [2.24, 2.45) is 0 Å². The van der Waals surface area contributed by atoms with Gasteiger partial charge in [0.1, 0.15) is 0 Å². The van der Waals surface area contributed by atoms with Crippen LogP contribution in [0.25, 0.3) is 0 Å². The molecule has 2 saturated heterocycles. The Morgan fingerprint density at radius 2 is 1.92 bits per heavy atom. The van der Waals surface area contributed by atoms with E-state index in [0.29, 0.717) is 5.92 Å². The maximum absolute atomic E-state index is 13.1. The van der Waals surface area contributed by atoms with E-state index in [-0.39, 0.29) is 5.91 Å². The maximum atomic E-state index is 13.1. The molecule has 0 bridgehead atoms. The lowest BCUT2D eigenvalue weighted by atomic mass is 9.91. The minimum absolute atomic E-state index is 0.259. The summed E-state index contributed by atoms with van der Waals surface area (Å²) in [6.07, 6.45) is 5.06. The lowest BCUT2D eigenvalue weighted by Crippen LogP contribution is -2.59. The number of aromatic nitrogens is 2. The van der Waals surface area contributed by atoms with Crippen LogP contribution in [-0.2, 0) is 16.1 Å². The van der Waals surface area contributed by atoms with Gasteiger partial charge < -0.3 is 9.64 Å². The monoisotopic (exact) mass is 348 g/mol. The van der Waals surface area contributed by atoms with Crippen LogP contribution in [0, 0.1) is 0 Å². The fraction of sp³-hybridized carbons (Fsp3) is 0.789. The van der Waals surface area contributed by atoms with Gasteiger partial charge in [0.25, 0.3) is 0 Å². The van der Waals surface area contributed by atoms with Gasteiger partial charge in [0.15, 0.2) is 0 Å². The molecule has 0 unspecified atom stereocenters. The fourth-order valence-corrected chi connectivity index (χ4v) is 4.11. The Bertz CT molecular complexity index is 570. The van der Waals surface area contributed by atoms with Crippen molar-refractivity contribution in [3.8, 4) is 0 Å². The standard InChI is InChI=1S/C19H32N4O2/c1-4-9-23-17(5-8-20-23)16-6-10-21(11-7-16)18(24)19(2,3)22-12-14-25-15-13-22/h5,8,16H,4,6-7,9-15H2,1-3H3. The highest BCUT2D eigenvalue weighted by Crippen LogP contribution is 2.30. The summed E-state index contributed by atoms with van der Waals surface area (Å²) in [6, 6.07) is 2.15. The predicted molar refractivity (Wildman–Crippen MR) is 97.5 cm³/mol. The van der Waals surface area contributed by atoms with E-state index >= 15 is 0 Å². The second kappa shape index (κ2) is 7.87. The molecule has 0 radical (unpaired) electrons. The molecule has 1 aromatic heterocycles. The van der Waals surface area contributed by atoms with Gasteiger partial charge in [-0.05, 0) is 39.2 Å². The zero-order valence-corrected chi connectivity index (χ0v) is 15.9. The smallest absolute Gasteiger partial charge is 0.242 e. The molecule has 1 amide bonds. The summed E-state index contributed by atoms with van der Waals surface area (Å²) in [5, 5.41) is 4.45. The number of nitrogens with zero attached hydrogens (tertiary/aromatic N) is 4. The van der Waals surface area contributed by atoms with E-state index in [2.05, 4.69) is 46.4 Å². The molecule has 140 valence electrons. The molecular formula is C19H32N4O2. The third-order valence-electron chi connectivity index (χ3n) is 5.71. The molecule has 0 aliphatic carbocycles. The molecule has 0 N–H and O–H groups in total. The highest BCUT2D eigenvalue weighted by Gasteiger charge is 2.39. The average Bonchev–Trinajstić information content (AvgIpc) is 3.10. The molecule has 1 aromatic rings. The number of rotatable bonds is 5. The van der Waals surface area contributed by atoms with Gasteiger partial charge in [0.05, 0.1) is 18.8 Å². The first-order chi connectivity index (χ1) is 12.0. The minimum atomic E-state index is -0.444. The highest BCUT2D eigenvalue weighted by molar-refractivity contribution is 5.85. The van der Waals surface area contributed by atoms with Gasteiger partial charge in [-0.2, -0.15) is 5.10 Å². The van der Waals surface area contributed by atoms with Crippen molar-refractivity contribution >= 4 is 5.91 Å². The number of likely N-dealkylation sites (tertiary alicyclic amines) is 1. The van der Waals surface area contributed by atoms with Crippen LogP contribution in [0.15, 0.2) is 12.3 Å². The summed E-state index contributed by atoms with van der Waals surface area (Å²) in [7, 11) is 0. The number of amides is 1. The number of morpholine rings is 1. The van der Waals surface area contributed by atoms with Gasteiger partial charge in [-0.15, -0.1) is 0 Å². The van der Waals surface area contributed by atoms with Crippen molar-refractivity contribution in [3.63, 3.8) is 0 Å². The molecule has 0 spiro atoms. The van der Waals surface area contributed by atoms with E-state index < -0.39 is 5.54 Å². The molecule has 2 fully saturated rings. The third-order valence-corrected chi connectivity index (χ3v) is 5.71. The zero-order chi connectivity index (χ0) is 17.9. The van der Waals surface area contributed by atoms with Crippen molar-refractivity contribution in [2.45, 2.75) is 58.0 Å². The zero-order valence-electron chi connectivity index (χ0n) is 15.9. The van der Waals surface area contributed by atoms with Crippen LogP contribution < -0.4 is 0 Å². The highest BCUT2D eigenvalue weighted by atomic mass is 16.5. The van der Waals surface area contributed by atoms with Crippen LogP contribution in [0.3, 0.4) is 0 Å². The number of carbonyl (C=O) groups excluding carboxylic acids is 1. The minimum Gasteiger partial charge on any atom is -0.379 e. The molecular weight excluding hydrogens is 316 g/mol. The van der Waals surface area contributed by atoms with Gasteiger partial charge in [-0.25, -0.2) is 0 Å². The van der Waals surface area contributed by atoms with Crippen molar-refractivity contribution in [1.82, 2.24) is 19.6 Å². The van der Waals surface area contributed by atoms with E-state index in [0.717, 1.165) is 65.2 Å². The van der Waals surface area contributed by atoms with Crippen LogP contribution in [-0.4, -0.2) is 70.4 Å². The Morgan fingerprint density at radius 1 is 1.24 bits per heavy atom. The van der Waals surface area contributed by atoms with E-state index in [4.69, 9.17) is 4.74 Å². The van der Waals surface area contributed by atoms with Crippen LogP contribution in [0.4, 0.5) is 0 Å². The lowest BCUT2D eigenvalue weighted by molar-refractivity contribution is -0.146. The van der Waals surface area contributed by atoms with Crippen molar-refractivity contribution < 1.29 is 9.53 Å². The Balaban J connectivity index is 1.59. The summed E-state index contributed by atoms with van der Waals surface area (Å²) in [6.45, 7) is 12.1. The molecule has 6 nitrogen and oxygen atoms in total. The Kier molecular flexibility index (Phi) is 5.79. The van der Waals surface area contributed by atoms with Crippen LogP contribution >= 0.6 is 0 Å². The van der Waals surface area contributed by atoms with Crippen LogP contribution in [0.2, 0.25) is 0 Å². The average molecular weight is 348 g/mol. The number of carbonyl (C=O) groups is 1. The van der Waals surface area contributed by atoms with E-state index in [1.807, 2.05) is 6.20 Å². The normalized spacial score (nSPS) is 20.8. The molecule has 3 rings (SSSR count). The number of hydrogen-bond donors (Lipinski definition) is 0. The Morgan fingerprint density at radius 3 is 2.56 bits per heavy atom. The van der Waals surface area contributed by atoms with Crippen molar-refractivity contribution in [1.29, 1.82) is 0 Å². The molecule has 0 saturated carbocycles. The molecule has 0 aromatic carbocycles. The second-order valence-electron chi connectivity index (χ2n) is 7.70. The van der Waals surface area contributed by atoms with Crippen molar-refractivity contribution in [3.05, 3.63) is 18.0 Å². The predicted octanol–water partition coefficient (Wildman–Crippen LogP) is 2.11. The number of piperidine rings is 1. The van der Waals surface area contributed by atoms with Gasteiger partial charge in [0.2, 0.25) is 5.91 Å². The first-order valence-electron chi connectivity index (χ1n) is 9.68. The first-order valence-corrected chi connectivity index (χ1v) is 9.68. The lowest BCUT2D eigenvalue weighted by Gasteiger charge is -2.43. The Hall–Kier alpha value is -1.40. The summed E-state index contributed by atoms with van der Waals surface area (Å²) >= 11 is 0. The Labute approximate surface area is 151 Å². The van der Waals surface area contributed by atoms with Gasteiger partial charge in [-0.3, -0.25) is 14.4 Å². The summed E-state index contributed by atoms with van der Waals surface area (Å²) in [5.74, 6) is 0.777. The molecule has 25 heavy (non-hydrogen) atoms. The third kappa shape index (κ3) is 3.90.